The van der Waals surface area contributed by atoms with E-state index in [2.05, 4.69) is 5.32 Å². The van der Waals surface area contributed by atoms with Crippen molar-refractivity contribution in [1.29, 1.82) is 0 Å². The second-order valence-corrected chi connectivity index (χ2v) is 5.40. The van der Waals surface area contributed by atoms with E-state index in [0.717, 1.165) is 5.75 Å². The average molecular weight is 345 g/mol. The molecule has 1 atom stereocenters. The molecule has 0 saturated heterocycles. The van der Waals surface area contributed by atoms with Gasteiger partial charge in [0.2, 0.25) is 0 Å². The van der Waals surface area contributed by atoms with Crippen LogP contribution in [0.15, 0.2) is 42.5 Å². The molecule has 0 aliphatic carbocycles. The average Bonchev–Trinajstić information content (AvgIpc) is 2.65. The Bertz CT molecular complexity index is 677. The van der Waals surface area contributed by atoms with Crippen LogP contribution in [-0.4, -0.2) is 39.9 Å². The summed E-state index contributed by atoms with van der Waals surface area (Å²) in [6.07, 6.45) is 0. The SMILES string of the molecule is COc1ccc(OCC(C)NC(=O)c2c(OC)cccc2OC)cc1. The van der Waals surface area contributed by atoms with E-state index in [1.807, 2.05) is 31.2 Å². The van der Waals surface area contributed by atoms with Crippen molar-refractivity contribution in [3.8, 4) is 23.0 Å². The van der Waals surface area contributed by atoms with E-state index in [9.17, 15) is 4.79 Å². The predicted octanol–water partition coefficient (Wildman–Crippen LogP) is 2.91. The minimum Gasteiger partial charge on any atom is -0.497 e. The lowest BCUT2D eigenvalue weighted by molar-refractivity contribution is 0.0920. The Morgan fingerprint density at radius 3 is 2.00 bits per heavy atom. The third-order valence-corrected chi connectivity index (χ3v) is 3.59. The van der Waals surface area contributed by atoms with E-state index in [1.54, 1.807) is 25.3 Å². The topological polar surface area (TPSA) is 66.0 Å². The van der Waals surface area contributed by atoms with E-state index in [1.165, 1.54) is 14.2 Å². The lowest BCUT2D eigenvalue weighted by Crippen LogP contribution is -2.37. The minimum absolute atomic E-state index is 0.204. The molecule has 2 rings (SSSR count). The summed E-state index contributed by atoms with van der Waals surface area (Å²) in [6, 6.07) is 12.3. The second kappa shape index (κ2) is 8.82. The van der Waals surface area contributed by atoms with Crippen LogP contribution in [0.4, 0.5) is 0 Å². The molecule has 0 radical (unpaired) electrons. The molecule has 134 valence electrons. The van der Waals surface area contributed by atoms with Gasteiger partial charge in [-0.2, -0.15) is 0 Å². The lowest BCUT2D eigenvalue weighted by Gasteiger charge is -2.17. The van der Waals surface area contributed by atoms with Gasteiger partial charge in [-0.3, -0.25) is 4.79 Å². The maximum Gasteiger partial charge on any atom is 0.259 e. The molecule has 0 spiro atoms. The van der Waals surface area contributed by atoms with Crippen molar-refractivity contribution in [2.24, 2.45) is 0 Å². The first-order valence-electron chi connectivity index (χ1n) is 7.87. The first kappa shape index (κ1) is 18.4. The van der Waals surface area contributed by atoms with Crippen molar-refractivity contribution >= 4 is 5.91 Å². The molecular formula is C19H23NO5. The third-order valence-electron chi connectivity index (χ3n) is 3.59. The summed E-state index contributed by atoms with van der Waals surface area (Å²) >= 11 is 0. The van der Waals surface area contributed by atoms with Gasteiger partial charge in [0.15, 0.2) is 0 Å². The molecule has 1 amide bonds. The standard InChI is InChI=1S/C19H23NO5/c1-13(12-25-15-10-8-14(22-2)9-11-15)20-19(21)18-16(23-3)6-5-7-17(18)24-4/h5-11,13H,12H2,1-4H3,(H,20,21). The molecule has 1 unspecified atom stereocenters. The zero-order valence-corrected chi connectivity index (χ0v) is 14.9. The number of methoxy groups -OCH3 is 3. The smallest absolute Gasteiger partial charge is 0.259 e. The van der Waals surface area contributed by atoms with Crippen LogP contribution >= 0.6 is 0 Å². The van der Waals surface area contributed by atoms with Crippen LogP contribution in [0.25, 0.3) is 0 Å². The monoisotopic (exact) mass is 345 g/mol. The van der Waals surface area contributed by atoms with Crippen LogP contribution in [0, 0.1) is 0 Å². The summed E-state index contributed by atoms with van der Waals surface area (Å²) in [5.74, 6) is 2.11. The van der Waals surface area contributed by atoms with Crippen molar-refractivity contribution in [3.63, 3.8) is 0 Å². The predicted molar refractivity (Wildman–Crippen MR) is 95.0 cm³/mol. The second-order valence-electron chi connectivity index (χ2n) is 5.40. The normalized spacial score (nSPS) is 11.4. The Balaban J connectivity index is 1.98. The Morgan fingerprint density at radius 1 is 0.920 bits per heavy atom. The molecule has 0 aliphatic rings. The van der Waals surface area contributed by atoms with Gasteiger partial charge in [0, 0.05) is 0 Å². The maximum atomic E-state index is 12.6. The fourth-order valence-corrected chi connectivity index (χ4v) is 2.31. The zero-order chi connectivity index (χ0) is 18.2. The largest absolute Gasteiger partial charge is 0.497 e. The molecule has 0 heterocycles. The van der Waals surface area contributed by atoms with Crippen LogP contribution in [-0.2, 0) is 0 Å². The highest BCUT2D eigenvalue weighted by molar-refractivity contribution is 5.99. The summed E-state index contributed by atoms with van der Waals surface area (Å²) in [7, 11) is 4.64. The van der Waals surface area contributed by atoms with Crippen LogP contribution in [0.1, 0.15) is 17.3 Å². The fourth-order valence-electron chi connectivity index (χ4n) is 2.31. The zero-order valence-electron chi connectivity index (χ0n) is 14.9. The van der Waals surface area contributed by atoms with E-state index in [0.29, 0.717) is 29.4 Å². The van der Waals surface area contributed by atoms with Crippen LogP contribution < -0.4 is 24.3 Å². The molecule has 25 heavy (non-hydrogen) atoms. The molecule has 0 aromatic heterocycles. The number of carbonyl (C=O) groups is 1. The Kier molecular flexibility index (Phi) is 6.51. The number of rotatable bonds is 8. The van der Waals surface area contributed by atoms with Crippen molar-refractivity contribution in [2.45, 2.75) is 13.0 Å². The molecule has 0 fully saturated rings. The summed E-state index contributed by atoms with van der Waals surface area (Å²) < 4.78 is 21.3. The van der Waals surface area contributed by atoms with Crippen LogP contribution in [0.2, 0.25) is 0 Å². The van der Waals surface area contributed by atoms with E-state index >= 15 is 0 Å². The van der Waals surface area contributed by atoms with Gasteiger partial charge >= 0.3 is 0 Å². The molecule has 6 nitrogen and oxygen atoms in total. The molecule has 1 N–H and O–H groups in total. The lowest BCUT2D eigenvalue weighted by atomic mass is 10.1. The highest BCUT2D eigenvalue weighted by Crippen LogP contribution is 2.28. The number of hydrogen-bond donors (Lipinski definition) is 1. The Labute approximate surface area is 147 Å². The van der Waals surface area contributed by atoms with Crippen molar-refractivity contribution in [1.82, 2.24) is 5.32 Å². The van der Waals surface area contributed by atoms with Gasteiger partial charge in [-0.05, 0) is 43.3 Å². The van der Waals surface area contributed by atoms with E-state index in [4.69, 9.17) is 18.9 Å². The quantitative estimate of drug-likeness (QED) is 0.797. The Hall–Kier alpha value is -2.89. The molecule has 2 aromatic rings. The summed E-state index contributed by atoms with van der Waals surface area (Å²) in [5, 5.41) is 2.89. The van der Waals surface area contributed by atoms with Crippen LogP contribution in [0.3, 0.4) is 0 Å². The number of ether oxygens (including phenoxy) is 4. The van der Waals surface area contributed by atoms with Gasteiger partial charge < -0.3 is 24.3 Å². The number of hydrogen-bond acceptors (Lipinski definition) is 5. The molecule has 0 bridgehead atoms. The first-order chi connectivity index (χ1) is 12.1. The number of amides is 1. The molecular weight excluding hydrogens is 322 g/mol. The maximum absolute atomic E-state index is 12.6. The van der Waals surface area contributed by atoms with E-state index in [-0.39, 0.29) is 11.9 Å². The molecule has 2 aromatic carbocycles. The number of carbonyl (C=O) groups excluding carboxylic acids is 1. The van der Waals surface area contributed by atoms with Gasteiger partial charge in [-0.1, -0.05) is 6.07 Å². The summed E-state index contributed by atoms with van der Waals surface area (Å²) in [6.45, 7) is 2.19. The highest BCUT2D eigenvalue weighted by Gasteiger charge is 2.19. The Morgan fingerprint density at radius 2 is 1.48 bits per heavy atom. The van der Waals surface area contributed by atoms with E-state index < -0.39 is 0 Å². The van der Waals surface area contributed by atoms with Crippen molar-refractivity contribution < 1.29 is 23.7 Å². The first-order valence-corrected chi connectivity index (χ1v) is 7.87. The van der Waals surface area contributed by atoms with Gasteiger partial charge in [0.1, 0.15) is 35.2 Å². The molecule has 0 aliphatic heterocycles. The molecule has 6 heteroatoms. The van der Waals surface area contributed by atoms with Crippen LogP contribution in [0.5, 0.6) is 23.0 Å². The third kappa shape index (κ3) is 4.79. The highest BCUT2D eigenvalue weighted by atomic mass is 16.5. The van der Waals surface area contributed by atoms with Gasteiger partial charge in [0.25, 0.3) is 5.91 Å². The van der Waals surface area contributed by atoms with Crippen molar-refractivity contribution in [2.75, 3.05) is 27.9 Å². The number of nitrogens with one attached hydrogen (secondary N) is 1. The van der Waals surface area contributed by atoms with Crippen molar-refractivity contribution in [3.05, 3.63) is 48.0 Å². The number of benzene rings is 2. The summed E-state index contributed by atoms with van der Waals surface area (Å²) in [5.41, 5.74) is 0.365. The minimum atomic E-state index is -0.278. The molecule has 0 saturated carbocycles. The van der Waals surface area contributed by atoms with Gasteiger partial charge in [0.05, 0.1) is 27.4 Å². The van der Waals surface area contributed by atoms with Gasteiger partial charge in [-0.15, -0.1) is 0 Å². The summed E-state index contributed by atoms with van der Waals surface area (Å²) in [4.78, 5) is 12.6. The van der Waals surface area contributed by atoms with Gasteiger partial charge in [-0.25, -0.2) is 0 Å². The fraction of sp³-hybridized carbons (Fsp3) is 0.316.